The second-order valence-corrected chi connectivity index (χ2v) is 5.46. The van der Waals surface area contributed by atoms with Crippen molar-refractivity contribution in [2.24, 2.45) is 0 Å². The molecule has 0 amide bonds. The van der Waals surface area contributed by atoms with Gasteiger partial charge in [-0.25, -0.2) is 0 Å². The maximum atomic E-state index is 5.87. The van der Waals surface area contributed by atoms with Crippen LogP contribution < -0.4 is 4.90 Å². The third-order valence-corrected chi connectivity index (χ3v) is 3.76. The topological polar surface area (TPSA) is 42.2 Å². The molecule has 0 aliphatic carbocycles. The molecule has 0 spiro atoms. The molecule has 15 heavy (non-hydrogen) atoms. The molecule has 0 aromatic carbocycles. The quantitative estimate of drug-likeness (QED) is 0.751. The molecule has 6 heteroatoms. The Morgan fingerprint density at radius 1 is 1.60 bits per heavy atom. The van der Waals surface area contributed by atoms with Gasteiger partial charge in [0.25, 0.3) is 0 Å². The van der Waals surface area contributed by atoms with Crippen LogP contribution >= 0.6 is 23.4 Å². The first-order chi connectivity index (χ1) is 7.18. The maximum absolute atomic E-state index is 5.87. The molecule has 0 radical (unpaired) electrons. The summed E-state index contributed by atoms with van der Waals surface area (Å²) in [6.45, 7) is 4.96. The van der Waals surface area contributed by atoms with Crippen molar-refractivity contribution >= 4 is 29.4 Å². The first-order valence-electron chi connectivity index (χ1n) is 5.00. The number of nitrogens with zero attached hydrogens (tertiary/aromatic N) is 3. The first kappa shape index (κ1) is 11.1. The van der Waals surface area contributed by atoms with E-state index in [0.29, 0.717) is 17.9 Å². The van der Waals surface area contributed by atoms with Crippen molar-refractivity contribution in [3.63, 3.8) is 0 Å². The minimum atomic E-state index is -0.222. The van der Waals surface area contributed by atoms with Gasteiger partial charge in [-0.1, -0.05) is 5.10 Å². The van der Waals surface area contributed by atoms with E-state index < -0.39 is 0 Å². The molecule has 1 aromatic rings. The third-order valence-electron chi connectivity index (χ3n) is 2.38. The van der Waals surface area contributed by atoms with Gasteiger partial charge in [0, 0.05) is 24.1 Å². The van der Waals surface area contributed by atoms with Crippen LogP contribution in [0.15, 0.2) is 4.42 Å². The predicted octanol–water partition coefficient (Wildman–Crippen LogP) is 2.31. The van der Waals surface area contributed by atoms with Crippen molar-refractivity contribution < 1.29 is 4.42 Å². The van der Waals surface area contributed by atoms with Gasteiger partial charge < -0.3 is 9.32 Å². The molecule has 2 atom stereocenters. The Kier molecular flexibility index (Phi) is 3.41. The van der Waals surface area contributed by atoms with Crippen LogP contribution in [0.2, 0.25) is 0 Å². The monoisotopic (exact) mass is 247 g/mol. The van der Waals surface area contributed by atoms with Crippen LogP contribution in [-0.2, 0) is 0 Å². The van der Waals surface area contributed by atoms with Gasteiger partial charge in [0.15, 0.2) is 0 Å². The van der Waals surface area contributed by atoms with Crippen molar-refractivity contribution in [2.45, 2.75) is 25.3 Å². The summed E-state index contributed by atoms with van der Waals surface area (Å²) >= 11 is 7.83. The third kappa shape index (κ3) is 2.39. The molecule has 84 valence electrons. The Labute approximate surface area is 98.4 Å². The number of thioether (sulfide) groups is 1. The zero-order valence-electron chi connectivity index (χ0n) is 8.81. The lowest BCUT2D eigenvalue weighted by molar-refractivity contribution is 0.473. The van der Waals surface area contributed by atoms with Crippen molar-refractivity contribution in [2.75, 3.05) is 23.0 Å². The fourth-order valence-corrected chi connectivity index (χ4v) is 2.62. The lowest BCUT2D eigenvalue weighted by Crippen LogP contribution is -2.40. The number of hydrogen-bond acceptors (Lipinski definition) is 5. The van der Waals surface area contributed by atoms with Gasteiger partial charge in [0.05, 0.1) is 0 Å². The summed E-state index contributed by atoms with van der Waals surface area (Å²) in [4.78, 5) is 2.15. The van der Waals surface area contributed by atoms with Crippen LogP contribution in [0.4, 0.5) is 6.01 Å². The summed E-state index contributed by atoms with van der Waals surface area (Å²) in [5.41, 5.74) is 0. The van der Waals surface area contributed by atoms with Crippen molar-refractivity contribution in [1.29, 1.82) is 0 Å². The number of alkyl halides is 1. The molecule has 0 N–H and O–H groups in total. The summed E-state index contributed by atoms with van der Waals surface area (Å²) in [5, 5.41) is 7.73. The first-order valence-corrected chi connectivity index (χ1v) is 6.59. The Morgan fingerprint density at radius 3 is 3.00 bits per heavy atom. The molecule has 1 aromatic heterocycles. The van der Waals surface area contributed by atoms with E-state index in [1.54, 1.807) is 0 Å². The van der Waals surface area contributed by atoms with E-state index in [0.717, 1.165) is 18.1 Å². The standard InChI is InChI=1S/C9H14ClN3OS/c1-6-5-15-4-3-13(6)9-12-11-8(14-9)7(2)10/h6-7H,3-5H2,1-2H3. The molecule has 1 saturated heterocycles. The highest BCUT2D eigenvalue weighted by atomic mass is 35.5. The van der Waals surface area contributed by atoms with Gasteiger partial charge in [-0.3, -0.25) is 0 Å². The zero-order chi connectivity index (χ0) is 10.8. The van der Waals surface area contributed by atoms with Crippen molar-refractivity contribution in [3.05, 3.63) is 5.89 Å². The smallest absolute Gasteiger partial charge is 0.318 e. The highest BCUT2D eigenvalue weighted by molar-refractivity contribution is 7.99. The molecule has 2 unspecified atom stereocenters. The fourth-order valence-electron chi connectivity index (χ4n) is 1.51. The molecule has 1 fully saturated rings. The molecule has 1 aliphatic heterocycles. The summed E-state index contributed by atoms with van der Waals surface area (Å²) in [5.74, 6) is 2.71. The Bertz CT molecular complexity index is 331. The van der Waals surface area contributed by atoms with E-state index in [2.05, 4.69) is 22.0 Å². The number of hydrogen-bond donors (Lipinski definition) is 0. The van der Waals surface area contributed by atoms with E-state index in [4.69, 9.17) is 16.0 Å². The van der Waals surface area contributed by atoms with Gasteiger partial charge in [-0.15, -0.1) is 16.7 Å². The van der Waals surface area contributed by atoms with Gasteiger partial charge in [0.2, 0.25) is 5.89 Å². The maximum Gasteiger partial charge on any atom is 0.318 e. The Balaban J connectivity index is 2.13. The summed E-state index contributed by atoms with van der Waals surface area (Å²) in [6.07, 6.45) is 0. The van der Waals surface area contributed by atoms with Gasteiger partial charge in [0.1, 0.15) is 5.38 Å². The van der Waals surface area contributed by atoms with Crippen LogP contribution in [0.5, 0.6) is 0 Å². The lowest BCUT2D eigenvalue weighted by Gasteiger charge is -2.31. The minimum Gasteiger partial charge on any atom is -0.406 e. The number of anilines is 1. The molecule has 0 saturated carbocycles. The largest absolute Gasteiger partial charge is 0.406 e. The summed E-state index contributed by atoms with van der Waals surface area (Å²) < 4.78 is 5.52. The van der Waals surface area contributed by atoms with Gasteiger partial charge >= 0.3 is 6.01 Å². The van der Waals surface area contributed by atoms with E-state index in [-0.39, 0.29) is 5.38 Å². The normalized spacial score (nSPS) is 24.2. The predicted molar refractivity (Wildman–Crippen MR) is 62.7 cm³/mol. The second-order valence-electron chi connectivity index (χ2n) is 3.66. The fraction of sp³-hybridized carbons (Fsp3) is 0.778. The lowest BCUT2D eigenvalue weighted by atomic mass is 10.3. The average Bonchev–Trinajstić information content (AvgIpc) is 2.67. The van der Waals surface area contributed by atoms with E-state index in [1.165, 1.54) is 0 Å². The molecular weight excluding hydrogens is 234 g/mol. The van der Waals surface area contributed by atoms with E-state index in [1.807, 2.05) is 18.7 Å². The summed E-state index contributed by atoms with van der Waals surface area (Å²) in [7, 11) is 0. The highest BCUT2D eigenvalue weighted by Crippen LogP contribution is 2.25. The molecule has 2 rings (SSSR count). The molecular formula is C9H14ClN3OS. The number of halogens is 1. The Hall–Kier alpha value is -0.420. The molecule has 2 heterocycles. The van der Waals surface area contributed by atoms with Gasteiger partial charge in [-0.2, -0.15) is 11.8 Å². The van der Waals surface area contributed by atoms with Crippen LogP contribution in [0.3, 0.4) is 0 Å². The van der Waals surface area contributed by atoms with Crippen molar-refractivity contribution in [3.8, 4) is 0 Å². The zero-order valence-corrected chi connectivity index (χ0v) is 10.4. The van der Waals surface area contributed by atoms with E-state index in [9.17, 15) is 0 Å². The van der Waals surface area contributed by atoms with Gasteiger partial charge in [-0.05, 0) is 13.8 Å². The Morgan fingerprint density at radius 2 is 2.40 bits per heavy atom. The SMILES string of the molecule is CC(Cl)c1nnc(N2CCSCC2C)o1. The number of aromatic nitrogens is 2. The molecule has 0 bridgehead atoms. The van der Waals surface area contributed by atoms with Crippen LogP contribution in [0.1, 0.15) is 25.1 Å². The highest BCUT2D eigenvalue weighted by Gasteiger charge is 2.24. The summed E-state index contributed by atoms with van der Waals surface area (Å²) in [6, 6.07) is 1.05. The second kappa shape index (κ2) is 4.61. The molecule has 4 nitrogen and oxygen atoms in total. The average molecular weight is 248 g/mol. The van der Waals surface area contributed by atoms with E-state index >= 15 is 0 Å². The van der Waals surface area contributed by atoms with Crippen LogP contribution in [-0.4, -0.2) is 34.3 Å². The minimum absolute atomic E-state index is 0.222. The van der Waals surface area contributed by atoms with Crippen LogP contribution in [0.25, 0.3) is 0 Å². The molecule has 1 aliphatic rings. The van der Waals surface area contributed by atoms with Crippen molar-refractivity contribution in [1.82, 2.24) is 10.2 Å². The van der Waals surface area contributed by atoms with Crippen LogP contribution in [0, 0.1) is 0 Å². The number of rotatable bonds is 2.